The summed E-state index contributed by atoms with van der Waals surface area (Å²) in [5.41, 5.74) is 0.666. The highest BCUT2D eigenvalue weighted by Crippen LogP contribution is 2.26. The molecule has 0 aliphatic heterocycles. The van der Waals surface area contributed by atoms with E-state index in [1.54, 1.807) is 32.3 Å². The Kier molecular flexibility index (Phi) is 4.82. The van der Waals surface area contributed by atoms with Crippen LogP contribution >= 0.6 is 0 Å². The average Bonchev–Trinajstić information content (AvgIpc) is 2.91. The lowest BCUT2D eigenvalue weighted by atomic mass is 10.2. The molecule has 0 unspecified atom stereocenters. The van der Waals surface area contributed by atoms with Crippen molar-refractivity contribution in [3.63, 3.8) is 0 Å². The molecule has 0 aliphatic carbocycles. The molecular formula is C19H20F2N4O2. The zero-order chi connectivity index (χ0) is 19.8. The van der Waals surface area contributed by atoms with Crippen LogP contribution in [-0.2, 0) is 4.74 Å². The number of alkyl carbamates (subject to hydrolysis) is 1. The number of ether oxygens (including phenoxy) is 1. The van der Waals surface area contributed by atoms with Gasteiger partial charge in [0.1, 0.15) is 23.1 Å². The Bertz CT molecular complexity index is 995. The van der Waals surface area contributed by atoms with Crippen LogP contribution in [0.1, 0.15) is 39.6 Å². The molecule has 142 valence electrons. The van der Waals surface area contributed by atoms with Crippen LogP contribution in [0.5, 0.6) is 0 Å². The van der Waals surface area contributed by atoms with Crippen LogP contribution in [0.2, 0.25) is 0 Å². The smallest absolute Gasteiger partial charge is 0.408 e. The average molecular weight is 374 g/mol. The van der Waals surface area contributed by atoms with Crippen LogP contribution in [0.15, 0.2) is 36.7 Å². The van der Waals surface area contributed by atoms with Crippen LogP contribution < -0.4 is 5.32 Å². The van der Waals surface area contributed by atoms with E-state index in [1.807, 2.05) is 0 Å². The van der Waals surface area contributed by atoms with Crippen molar-refractivity contribution in [3.8, 4) is 5.69 Å². The number of rotatable bonds is 3. The van der Waals surface area contributed by atoms with E-state index in [1.165, 1.54) is 30.5 Å². The summed E-state index contributed by atoms with van der Waals surface area (Å²) >= 11 is 0. The van der Waals surface area contributed by atoms with E-state index in [-0.39, 0.29) is 0 Å². The quantitative estimate of drug-likeness (QED) is 0.743. The van der Waals surface area contributed by atoms with Gasteiger partial charge >= 0.3 is 6.09 Å². The van der Waals surface area contributed by atoms with E-state index in [4.69, 9.17) is 4.74 Å². The highest BCUT2D eigenvalue weighted by atomic mass is 19.1. The Labute approximate surface area is 155 Å². The van der Waals surface area contributed by atoms with Gasteiger partial charge in [-0.1, -0.05) is 0 Å². The molecule has 0 bridgehead atoms. The molecule has 8 heteroatoms. The van der Waals surface area contributed by atoms with Crippen molar-refractivity contribution in [2.75, 3.05) is 0 Å². The Balaban J connectivity index is 2.07. The lowest BCUT2D eigenvalue weighted by molar-refractivity contribution is 0.0505. The van der Waals surface area contributed by atoms with Gasteiger partial charge in [0.25, 0.3) is 0 Å². The fourth-order valence-corrected chi connectivity index (χ4v) is 2.70. The number of fused-ring (bicyclic) bond motifs is 1. The Morgan fingerprint density at radius 3 is 2.59 bits per heavy atom. The molecule has 3 rings (SSSR count). The number of pyridine rings is 1. The van der Waals surface area contributed by atoms with Crippen molar-refractivity contribution in [1.29, 1.82) is 0 Å². The van der Waals surface area contributed by atoms with Crippen LogP contribution in [-0.4, -0.2) is 26.2 Å². The Morgan fingerprint density at radius 1 is 1.19 bits per heavy atom. The van der Waals surface area contributed by atoms with Gasteiger partial charge < -0.3 is 10.1 Å². The summed E-state index contributed by atoms with van der Waals surface area (Å²) in [6.45, 7) is 6.99. The topological polar surface area (TPSA) is 69.0 Å². The molecule has 0 radical (unpaired) electrons. The summed E-state index contributed by atoms with van der Waals surface area (Å²) in [6.07, 6.45) is 1.90. The van der Waals surface area contributed by atoms with Gasteiger partial charge in [0.05, 0.1) is 35.2 Å². The zero-order valence-electron chi connectivity index (χ0n) is 15.5. The second kappa shape index (κ2) is 6.94. The molecule has 1 atom stereocenters. The molecule has 0 aliphatic rings. The molecule has 2 aromatic heterocycles. The van der Waals surface area contributed by atoms with Gasteiger partial charge in [0, 0.05) is 12.1 Å². The van der Waals surface area contributed by atoms with E-state index >= 15 is 0 Å². The number of nitrogens with zero attached hydrogens (tertiary/aromatic N) is 3. The largest absolute Gasteiger partial charge is 0.444 e. The van der Waals surface area contributed by atoms with Gasteiger partial charge in [-0.2, -0.15) is 0 Å². The van der Waals surface area contributed by atoms with E-state index in [0.29, 0.717) is 22.5 Å². The minimum absolute atomic E-state index is 0.371. The highest BCUT2D eigenvalue weighted by Gasteiger charge is 2.23. The number of hydrogen-bond donors (Lipinski definition) is 1. The number of imidazole rings is 1. The first-order chi connectivity index (χ1) is 12.6. The number of amides is 1. The maximum atomic E-state index is 13.8. The number of nitrogens with one attached hydrogen (secondary N) is 1. The summed E-state index contributed by atoms with van der Waals surface area (Å²) in [7, 11) is 0. The molecule has 1 aromatic carbocycles. The van der Waals surface area contributed by atoms with Crippen molar-refractivity contribution in [1.82, 2.24) is 19.9 Å². The zero-order valence-corrected chi connectivity index (χ0v) is 15.5. The molecule has 1 amide bonds. The molecule has 0 fully saturated rings. The first-order valence-electron chi connectivity index (χ1n) is 8.42. The van der Waals surface area contributed by atoms with E-state index in [2.05, 4.69) is 15.3 Å². The first-order valence-corrected chi connectivity index (χ1v) is 8.42. The minimum Gasteiger partial charge on any atom is -0.444 e. The van der Waals surface area contributed by atoms with Crippen LogP contribution in [0.25, 0.3) is 16.7 Å². The standard InChI is InChI=1S/C19H20F2N4O2/c1-11(23-18(26)27-19(2,3)4)17-24-15-6-5-12(20)8-16(15)25(17)14-7-13(21)9-22-10-14/h5-11H,1-4H3,(H,23,26)/t11-/m0/s1. The third-order valence-corrected chi connectivity index (χ3v) is 3.71. The molecule has 3 aromatic rings. The molecule has 27 heavy (non-hydrogen) atoms. The summed E-state index contributed by atoms with van der Waals surface area (Å²) in [5.74, 6) is -0.592. The number of benzene rings is 1. The molecule has 0 spiro atoms. The number of hydrogen-bond acceptors (Lipinski definition) is 4. The summed E-state index contributed by atoms with van der Waals surface area (Å²) < 4.78 is 34.3. The number of carbonyl (C=O) groups is 1. The highest BCUT2D eigenvalue weighted by molar-refractivity contribution is 5.78. The van der Waals surface area contributed by atoms with Crippen molar-refractivity contribution in [2.45, 2.75) is 39.3 Å². The monoisotopic (exact) mass is 374 g/mol. The van der Waals surface area contributed by atoms with Crippen LogP contribution in [0.4, 0.5) is 13.6 Å². The number of carbonyl (C=O) groups excluding carboxylic acids is 1. The fourth-order valence-electron chi connectivity index (χ4n) is 2.70. The maximum Gasteiger partial charge on any atom is 0.408 e. The van der Waals surface area contributed by atoms with Gasteiger partial charge in [-0.3, -0.25) is 9.55 Å². The van der Waals surface area contributed by atoms with Gasteiger partial charge in [0.15, 0.2) is 0 Å². The molecule has 0 saturated heterocycles. The lowest BCUT2D eigenvalue weighted by Crippen LogP contribution is -2.34. The second-order valence-electron chi connectivity index (χ2n) is 7.17. The Morgan fingerprint density at radius 2 is 1.93 bits per heavy atom. The number of halogens is 2. The Hall–Kier alpha value is -3.03. The second-order valence-corrected chi connectivity index (χ2v) is 7.17. The lowest BCUT2D eigenvalue weighted by Gasteiger charge is -2.22. The predicted octanol–water partition coefficient (Wildman–Crippen LogP) is 4.28. The maximum absolute atomic E-state index is 13.8. The normalized spacial score (nSPS) is 12.8. The SMILES string of the molecule is C[C@H](NC(=O)OC(C)(C)C)c1nc2ccc(F)cc2n1-c1cncc(F)c1. The molecule has 1 N–H and O–H groups in total. The first kappa shape index (κ1) is 18.8. The van der Waals surface area contributed by atoms with E-state index in [9.17, 15) is 13.6 Å². The molecule has 6 nitrogen and oxygen atoms in total. The molecule has 2 heterocycles. The summed E-state index contributed by atoms with van der Waals surface area (Å²) in [4.78, 5) is 20.4. The van der Waals surface area contributed by atoms with E-state index in [0.717, 1.165) is 6.20 Å². The van der Waals surface area contributed by atoms with Crippen molar-refractivity contribution < 1.29 is 18.3 Å². The van der Waals surface area contributed by atoms with Gasteiger partial charge in [-0.15, -0.1) is 0 Å². The van der Waals surface area contributed by atoms with Crippen molar-refractivity contribution in [3.05, 3.63) is 54.1 Å². The van der Waals surface area contributed by atoms with Gasteiger partial charge in [-0.05, 0) is 39.8 Å². The van der Waals surface area contributed by atoms with Crippen molar-refractivity contribution >= 4 is 17.1 Å². The summed E-state index contributed by atoms with van der Waals surface area (Å²) in [5, 5.41) is 2.70. The van der Waals surface area contributed by atoms with Gasteiger partial charge in [-0.25, -0.2) is 18.6 Å². The van der Waals surface area contributed by atoms with Crippen molar-refractivity contribution in [2.24, 2.45) is 0 Å². The summed E-state index contributed by atoms with van der Waals surface area (Å²) in [6, 6.07) is 4.80. The third-order valence-electron chi connectivity index (χ3n) is 3.71. The van der Waals surface area contributed by atoms with Gasteiger partial charge in [0.2, 0.25) is 0 Å². The molecule has 0 saturated carbocycles. The predicted molar refractivity (Wildman–Crippen MR) is 96.6 cm³/mol. The van der Waals surface area contributed by atoms with E-state index < -0.39 is 29.4 Å². The third kappa shape index (κ3) is 4.21. The van der Waals surface area contributed by atoms with Crippen LogP contribution in [0.3, 0.4) is 0 Å². The number of aromatic nitrogens is 3. The van der Waals surface area contributed by atoms with Crippen LogP contribution in [0, 0.1) is 11.6 Å². The minimum atomic E-state index is -0.653. The molecular weight excluding hydrogens is 354 g/mol. The fraction of sp³-hybridized carbons (Fsp3) is 0.316.